The summed E-state index contributed by atoms with van der Waals surface area (Å²) in [5, 5.41) is 0. The highest BCUT2D eigenvalue weighted by Gasteiger charge is 2.34. The summed E-state index contributed by atoms with van der Waals surface area (Å²) in [6.07, 6.45) is 3.60. The van der Waals surface area contributed by atoms with Crippen LogP contribution in [0.5, 0.6) is 0 Å². The Morgan fingerprint density at radius 1 is 1.44 bits per heavy atom. The van der Waals surface area contributed by atoms with E-state index in [4.69, 9.17) is 0 Å². The van der Waals surface area contributed by atoms with E-state index in [9.17, 15) is 4.79 Å². The van der Waals surface area contributed by atoms with Gasteiger partial charge in [0, 0.05) is 31.4 Å². The van der Waals surface area contributed by atoms with Crippen LogP contribution in [0.1, 0.15) is 33.6 Å². The van der Waals surface area contributed by atoms with Gasteiger partial charge in [0.1, 0.15) is 0 Å². The molecule has 1 aliphatic carbocycles. The summed E-state index contributed by atoms with van der Waals surface area (Å²) in [5.74, 6) is 0.260. The highest BCUT2D eigenvalue weighted by atomic mass is 16.1. The Morgan fingerprint density at radius 3 is 2.88 bits per heavy atom. The molecule has 0 saturated heterocycles. The predicted octanol–water partition coefficient (Wildman–Crippen LogP) is 2.04. The fourth-order valence-corrected chi connectivity index (χ4v) is 2.40. The van der Waals surface area contributed by atoms with E-state index in [0.717, 1.165) is 37.3 Å². The van der Waals surface area contributed by atoms with Gasteiger partial charge in [-0.15, -0.1) is 0 Å². The molecule has 0 bridgehead atoms. The standard InChI is InChI=1S/C13H20N2O/c1-4-15-6-5-14-11-7-13(2,3)8-12(16)10(11)9-15/h9H,4-8H2,1-3H3. The molecule has 16 heavy (non-hydrogen) atoms. The molecule has 0 spiro atoms. The average molecular weight is 220 g/mol. The first-order valence-corrected chi connectivity index (χ1v) is 6.04. The van der Waals surface area contributed by atoms with Gasteiger partial charge in [-0.1, -0.05) is 13.8 Å². The molecule has 1 fully saturated rings. The number of hydrogen-bond donors (Lipinski definition) is 0. The molecule has 88 valence electrons. The molecule has 0 atom stereocenters. The Morgan fingerprint density at radius 2 is 2.19 bits per heavy atom. The van der Waals surface area contributed by atoms with Crippen LogP contribution in [0.2, 0.25) is 0 Å². The molecule has 3 nitrogen and oxygen atoms in total. The van der Waals surface area contributed by atoms with E-state index < -0.39 is 0 Å². The number of nitrogens with zero attached hydrogens (tertiary/aromatic N) is 2. The topological polar surface area (TPSA) is 32.7 Å². The fraction of sp³-hybridized carbons (Fsp3) is 0.692. The van der Waals surface area contributed by atoms with E-state index in [1.807, 2.05) is 6.20 Å². The summed E-state index contributed by atoms with van der Waals surface area (Å²) in [4.78, 5) is 18.8. The van der Waals surface area contributed by atoms with E-state index in [1.165, 1.54) is 0 Å². The number of Topliss-reactive ketones (excluding diaryl/α,β-unsaturated/α-hetero) is 1. The highest BCUT2D eigenvalue weighted by molar-refractivity contribution is 6.24. The first-order valence-electron chi connectivity index (χ1n) is 6.04. The summed E-state index contributed by atoms with van der Waals surface area (Å²) >= 11 is 0. The van der Waals surface area contributed by atoms with Gasteiger partial charge in [0.15, 0.2) is 5.78 Å². The van der Waals surface area contributed by atoms with Crippen LogP contribution in [0.15, 0.2) is 16.8 Å². The van der Waals surface area contributed by atoms with Crippen molar-refractivity contribution in [3.63, 3.8) is 0 Å². The lowest BCUT2D eigenvalue weighted by atomic mass is 9.74. The van der Waals surface area contributed by atoms with Crippen molar-refractivity contribution in [3.05, 3.63) is 11.8 Å². The van der Waals surface area contributed by atoms with Crippen molar-refractivity contribution in [2.24, 2.45) is 10.4 Å². The molecule has 1 aliphatic heterocycles. The summed E-state index contributed by atoms with van der Waals surface area (Å²) < 4.78 is 0. The molecule has 2 rings (SSSR count). The van der Waals surface area contributed by atoms with Gasteiger partial charge in [-0.3, -0.25) is 9.79 Å². The predicted molar refractivity (Wildman–Crippen MR) is 65.7 cm³/mol. The Balaban J connectivity index is 2.32. The lowest BCUT2D eigenvalue weighted by Gasteiger charge is -2.30. The van der Waals surface area contributed by atoms with Gasteiger partial charge in [0.05, 0.1) is 12.1 Å². The SMILES string of the molecule is CCN1C=C2C(=O)CC(C)(C)CC2=NCC1. The minimum absolute atomic E-state index is 0.0780. The number of carbonyl (C=O) groups is 1. The summed E-state index contributed by atoms with van der Waals surface area (Å²) in [7, 11) is 0. The Labute approximate surface area is 97.2 Å². The molecule has 0 amide bonds. The summed E-state index contributed by atoms with van der Waals surface area (Å²) in [6.45, 7) is 9.09. The average Bonchev–Trinajstić information content (AvgIpc) is 2.38. The molecule has 0 aromatic rings. The van der Waals surface area contributed by atoms with Crippen molar-refractivity contribution in [2.75, 3.05) is 19.6 Å². The third-order valence-corrected chi connectivity index (χ3v) is 3.30. The summed E-state index contributed by atoms with van der Waals surface area (Å²) in [5.41, 5.74) is 1.96. The molecule has 0 N–H and O–H groups in total. The summed E-state index contributed by atoms with van der Waals surface area (Å²) in [6, 6.07) is 0. The zero-order valence-electron chi connectivity index (χ0n) is 10.4. The zero-order chi connectivity index (χ0) is 11.8. The second kappa shape index (κ2) is 4.04. The number of carbonyl (C=O) groups excluding carboxylic acids is 1. The van der Waals surface area contributed by atoms with Crippen molar-refractivity contribution in [1.29, 1.82) is 0 Å². The van der Waals surface area contributed by atoms with Crippen molar-refractivity contribution in [3.8, 4) is 0 Å². The molecule has 1 saturated carbocycles. The van der Waals surface area contributed by atoms with Gasteiger partial charge in [-0.2, -0.15) is 0 Å². The third-order valence-electron chi connectivity index (χ3n) is 3.30. The van der Waals surface area contributed by atoms with Crippen LogP contribution in [0.4, 0.5) is 0 Å². The number of rotatable bonds is 1. The van der Waals surface area contributed by atoms with Crippen LogP contribution in [0.3, 0.4) is 0 Å². The maximum Gasteiger partial charge on any atom is 0.166 e. The number of likely N-dealkylation sites (N-methyl/N-ethyl adjacent to an activating group) is 1. The van der Waals surface area contributed by atoms with Crippen molar-refractivity contribution in [1.82, 2.24) is 4.90 Å². The zero-order valence-corrected chi connectivity index (χ0v) is 10.4. The van der Waals surface area contributed by atoms with E-state index in [0.29, 0.717) is 6.42 Å². The minimum atomic E-state index is 0.0780. The number of hydrogen-bond acceptors (Lipinski definition) is 3. The lowest BCUT2D eigenvalue weighted by Crippen LogP contribution is -2.32. The molecule has 0 aromatic heterocycles. The molecule has 2 aliphatic rings. The van der Waals surface area contributed by atoms with Gasteiger partial charge >= 0.3 is 0 Å². The van der Waals surface area contributed by atoms with E-state index in [1.54, 1.807) is 0 Å². The van der Waals surface area contributed by atoms with Crippen molar-refractivity contribution >= 4 is 11.5 Å². The van der Waals surface area contributed by atoms with E-state index in [2.05, 4.69) is 30.7 Å². The Bertz CT molecular complexity index is 366. The molecule has 0 unspecified atom stereocenters. The second-order valence-electron chi connectivity index (χ2n) is 5.44. The van der Waals surface area contributed by atoms with E-state index in [-0.39, 0.29) is 11.2 Å². The maximum atomic E-state index is 12.1. The monoisotopic (exact) mass is 220 g/mol. The fourth-order valence-electron chi connectivity index (χ4n) is 2.40. The number of aliphatic imine (C=N–C) groups is 1. The molecule has 0 radical (unpaired) electrons. The normalized spacial score (nSPS) is 24.4. The van der Waals surface area contributed by atoms with Crippen LogP contribution in [-0.4, -0.2) is 36.0 Å². The first kappa shape index (κ1) is 11.4. The van der Waals surface area contributed by atoms with E-state index >= 15 is 0 Å². The smallest absolute Gasteiger partial charge is 0.166 e. The van der Waals surface area contributed by atoms with Crippen LogP contribution >= 0.6 is 0 Å². The first-order chi connectivity index (χ1) is 7.52. The van der Waals surface area contributed by atoms with Crippen LogP contribution in [0.25, 0.3) is 0 Å². The lowest BCUT2D eigenvalue weighted by molar-refractivity contribution is -0.117. The van der Waals surface area contributed by atoms with Gasteiger partial charge in [0.25, 0.3) is 0 Å². The second-order valence-corrected chi connectivity index (χ2v) is 5.44. The van der Waals surface area contributed by atoms with Crippen molar-refractivity contribution in [2.45, 2.75) is 33.6 Å². The van der Waals surface area contributed by atoms with Gasteiger partial charge in [0.2, 0.25) is 0 Å². The van der Waals surface area contributed by atoms with Crippen LogP contribution in [0, 0.1) is 5.41 Å². The number of fused-ring (bicyclic) bond motifs is 1. The largest absolute Gasteiger partial charge is 0.375 e. The Kier molecular flexibility index (Phi) is 2.87. The number of ketones is 1. The third kappa shape index (κ3) is 2.18. The van der Waals surface area contributed by atoms with Gasteiger partial charge in [-0.25, -0.2) is 0 Å². The molecule has 0 aromatic carbocycles. The molecular formula is C13H20N2O. The van der Waals surface area contributed by atoms with Gasteiger partial charge in [-0.05, 0) is 18.8 Å². The maximum absolute atomic E-state index is 12.1. The number of allylic oxidation sites excluding steroid dienone is 1. The van der Waals surface area contributed by atoms with Gasteiger partial charge < -0.3 is 4.90 Å². The van der Waals surface area contributed by atoms with Crippen molar-refractivity contribution < 1.29 is 4.79 Å². The van der Waals surface area contributed by atoms with Crippen LogP contribution < -0.4 is 0 Å². The molecular weight excluding hydrogens is 200 g/mol. The van der Waals surface area contributed by atoms with Crippen LogP contribution in [-0.2, 0) is 4.79 Å². The molecule has 1 heterocycles. The Hall–Kier alpha value is -1.12. The highest BCUT2D eigenvalue weighted by Crippen LogP contribution is 2.34. The minimum Gasteiger partial charge on any atom is -0.375 e. The molecule has 3 heteroatoms. The quantitative estimate of drug-likeness (QED) is 0.677.